The van der Waals surface area contributed by atoms with E-state index in [0.29, 0.717) is 17.7 Å². The quantitative estimate of drug-likeness (QED) is 0.254. The van der Waals surface area contributed by atoms with E-state index >= 15 is 0 Å². The van der Waals surface area contributed by atoms with Crippen LogP contribution in [0.3, 0.4) is 0 Å². The van der Waals surface area contributed by atoms with E-state index < -0.39 is 39.0 Å². The Hall–Kier alpha value is -2.20. The van der Waals surface area contributed by atoms with Crippen molar-refractivity contribution < 1.29 is 35.5 Å². The third-order valence-corrected chi connectivity index (χ3v) is 7.73. The fourth-order valence-electron chi connectivity index (χ4n) is 3.51. The molecule has 0 radical (unpaired) electrons. The molecule has 0 unspecified atom stereocenters. The monoisotopic (exact) mass is 607 g/mol. The Bertz CT molecular complexity index is 1270. The first-order valence-corrected chi connectivity index (χ1v) is 12.1. The van der Waals surface area contributed by atoms with Crippen molar-refractivity contribution in [2.24, 2.45) is 11.1 Å². The number of nitriles is 1. The number of rotatable bonds is 7. The molecule has 1 aromatic heterocycles. The fraction of sp³-hybridized carbons (Fsp3) is 0.364. The highest BCUT2D eigenvalue weighted by Gasteiger charge is 2.73. The molecule has 1 heterocycles. The number of alkyl halides is 7. The third kappa shape index (κ3) is 5.50. The lowest BCUT2D eigenvalue weighted by atomic mass is 9.94. The summed E-state index contributed by atoms with van der Waals surface area (Å²) in [6, 6.07) is 3.88. The number of thiophene rings is 1. The molecule has 2 aromatic rings. The van der Waals surface area contributed by atoms with Crippen molar-refractivity contribution in [2.45, 2.75) is 37.3 Å². The first kappa shape index (κ1) is 29.4. The molecule has 1 aliphatic rings. The maximum Gasteiger partial charge on any atom is 0.435 e. The zero-order chi connectivity index (χ0) is 28.1. The van der Waals surface area contributed by atoms with Crippen LogP contribution < -0.4 is 10.6 Å². The van der Waals surface area contributed by atoms with Crippen LogP contribution in [-0.4, -0.2) is 25.2 Å². The Morgan fingerprint density at radius 2 is 1.62 bits per heavy atom. The highest BCUT2D eigenvalue weighted by molar-refractivity contribution is 7.17. The zero-order valence-electron chi connectivity index (χ0n) is 18.5. The van der Waals surface area contributed by atoms with Gasteiger partial charge in [0.1, 0.15) is 4.34 Å². The van der Waals surface area contributed by atoms with Gasteiger partial charge in [-0.05, 0) is 31.0 Å². The molecule has 0 aliphatic heterocycles. The lowest BCUT2D eigenvalue weighted by molar-refractivity contribution is -0.348. The lowest BCUT2D eigenvalue weighted by Crippen LogP contribution is -2.50. The summed E-state index contributed by atoms with van der Waals surface area (Å²) < 4.78 is 93.2. The fourth-order valence-corrected chi connectivity index (χ4v) is 5.50. The molecular weight excluding hydrogens is 594 g/mol. The van der Waals surface area contributed by atoms with Gasteiger partial charge in [-0.1, -0.05) is 34.8 Å². The van der Waals surface area contributed by atoms with Crippen molar-refractivity contribution >= 4 is 63.3 Å². The van der Waals surface area contributed by atoms with Crippen LogP contribution >= 0.6 is 46.1 Å². The van der Waals surface area contributed by atoms with Crippen LogP contribution in [-0.2, 0) is 5.67 Å². The van der Waals surface area contributed by atoms with Crippen molar-refractivity contribution in [2.75, 3.05) is 11.9 Å². The van der Waals surface area contributed by atoms with E-state index in [1.807, 2.05) is 0 Å². The standard InChI is InChI=1S/C22H15Cl3F7N3OS/c1-35(8-14(34)16-6-11(18(25)37-16)15(36)7-19(9-33)2-3-19)17-12(23)4-10(5-13(17)24)20(26,21(27,28)29)22(30,31)32/h4-6,8H,2-3,7,34H2,1H3/b14-8-. The van der Waals surface area contributed by atoms with Gasteiger partial charge in [-0.2, -0.15) is 31.6 Å². The number of nitrogens with zero attached hydrogens (tertiary/aromatic N) is 2. The van der Waals surface area contributed by atoms with Crippen LogP contribution in [0.15, 0.2) is 24.4 Å². The van der Waals surface area contributed by atoms with E-state index in [0.717, 1.165) is 16.2 Å². The molecule has 0 amide bonds. The smallest absolute Gasteiger partial charge is 0.396 e. The summed E-state index contributed by atoms with van der Waals surface area (Å²) in [5, 5.41) is 7.76. The van der Waals surface area contributed by atoms with Crippen molar-refractivity contribution in [3.63, 3.8) is 0 Å². The minimum Gasteiger partial charge on any atom is -0.396 e. The summed E-state index contributed by atoms with van der Waals surface area (Å²) in [5.74, 6) is -0.349. The first-order valence-electron chi connectivity index (χ1n) is 10.1. The zero-order valence-corrected chi connectivity index (χ0v) is 21.6. The topological polar surface area (TPSA) is 70.1 Å². The van der Waals surface area contributed by atoms with E-state index in [1.54, 1.807) is 0 Å². The summed E-state index contributed by atoms with van der Waals surface area (Å²) >= 11 is 19.0. The van der Waals surface area contributed by atoms with Gasteiger partial charge in [0.25, 0.3) is 0 Å². The van der Waals surface area contributed by atoms with Crippen molar-refractivity contribution in [1.82, 2.24) is 0 Å². The van der Waals surface area contributed by atoms with E-state index in [2.05, 4.69) is 6.07 Å². The second kappa shape index (κ2) is 9.84. The van der Waals surface area contributed by atoms with Gasteiger partial charge in [0.05, 0.1) is 37.8 Å². The Balaban J connectivity index is 1.93. The number of carbonyl (C=O) groups excluding carboxylic acids is 1. The van der Waals surface area contributed by atoms with Crippen LogP contribution in [0.4, 0.5) is 36.4 Å². The molecule has 0 spiro atoms. The summed E-state index contributed by atoms with van der Waals surface area (Å²) in [5.41, 5.74) is -2.29. The number of anilines is 1. The Morgan fingerprint density at radius 1 is 1.11 bits per heavy atom. The van der Waals surface area contributed by atoms with Crippen LogP contribution in [0.1, 0.15) is 40.1 Å². The molecule has 0 bridgehead atoms. The molecule has 37 heavy (non-hydrogen) atoms. The Labute approximate surface area is 225 Å². The van der Waals surface area contributed by atoms with Crippen LogP contribution in [0.5, 0.6) is 0 Å². The molecule has 0 saturated heterocycles. The molecule has 2 N–H and O–H groups in total. The predicted molar refractivity (Wildman–Crippen MR) is 127 cm³/mol. The molecule has 0 atom stereocenters. The van der Waals surface area contributed by atoms with Gasteiger partial charge >= 0.3 is 18.0 Å². The maximum atomic E-state index is 14.4. The number of Topliss-reactive ketones (excluding diaryl/α,β-unsaturated/α-hetero) is 1. The van der Waals surface area contributed by atoms with E-state index in [9.17, 15) is 40.8 Å². The van der Waals surface area contributed by atoms with E-state index in [1.165, 1.54) is 19.3 Å². The van der Waals surface area contributed by atoms with Gasteiger partial charge < -0.3 is 10.6 Å². The molecule has 1 fully saturated rings. The Kier molecular flexibility index (Phi) is 7.80. The van der Waals surface area contributed by atoms with Crippen molar-refractivity contribution in [3.05, 3.63) is 54.8 Å². The van der Waals surface area contributed by atoms with Gasteiger partial charge in [-0.3, -0.25) is 4.79 Å². The number of nitrogens with two attached hydrogens (primary N) is 1. The Morgan fingerprint density at radius 3 is 2.05 bits per heavy atom. The molecular formula is C22H15Cl3F7N3OS. The van der Waals surface area contributed by atoms with Gasteiger partial charge in [-0.25, -0.2) is 4.39 Å². The summed E-state index contributed by atoms with van der Waals surface area (Å²) in [7, 11) is 1.29. The second-order valence-corrected chi connectivity index (χ2v) is 10.9. The van der Waals surface area contributed by atoms with Crippen LogP contribution in [0.2, 0.25) is 14.4 Å². The lowest BCUT2D eigenvalue weighted by Gasteiger charge is -2.31. The third-order valence-electron chi connectivity index (χ3n) is 5.74. The summed E-state index contributed by atoms with van der Waals surface area (Å²) in [4.78, 5) is 14.0. The normalized spacial score (nSPS) is 15.9. The second-order valence-electron chi connectivity index (χ2n) is 8.43. The molecule has 1 aromatic carbocycles. The maximum absolute atomic E-state index is 14.4. The molecule has 3 rings (SSSR count). The molecule has 15 heteroatoms. The minimum atomic E-state index is -6.34. The largest absolute Gasteiger partial charge is 0.435 e. The molecule has 1 aliphatic carbocycles. The summed E-state index contributed by atoms with van der Waals surface area (Å²) in [6.45, 7) is 0. The number of ketones is 1. The van der Waals surface area contributed by atoms with Crippen molar-refractivity contribution in [3.8, 4) is 6.07 Å². The predicted octanol–water partition coefficient (Wildman–Crippen LogP) is 8.27. The summed E-state index contributed by atoms with van der Waals surface area (Å²) in [6.07, 6.45) is -10.3. The van der Waals surface area contributed by atoms with Gasteiger partial charge in [0.15, 0.2) is 5.78 Å². The van der Waals surface area contributed by atoms with E-state index in [4.69, 9.17) is 40.5 Å². The number of halogens is 10. The van der Waals surface area contributed by atoms with Gasteiger partial charge in [0, 0.05) is 30.8 Å². The molecule has 200 valence electrons. The number of carbonyl (C=O) groups is 1. The number of benzene rings is 1. The van der Waals surface area contributed by atoms with Gasteiger partial charge in [-0.15, -0.1) is 11.3 Å². The average molecular weight is 609 g/mol. The first-order chi connectivity index (χ1) is 16.9. The molecule has 4 nitrogen and oxygen atoms in total. The average Bonchev–Trinajstić information content (AvgIpc) is 3.41. The van der Waals surface area contributed by atoms with Crippen LogP contribution in [0, 0.1) is 16.7 Å². The highest BCUT2D eigenvalue weighted by atomic mass is 35.5. The van der Waals surface area contributed by atoms with Crippen molar-refractivity contribution in [1.29, 1.82) is 5.26 Å². The van der Waals surface area contributed by atoms with Crippen LogP contribution in [0.25, 0.3) is 5.70 Å². The van der Waals surface area contributed by atoms with Gasteiger partial charge in [0.2, 0.25) is 0 Å². The molecule has 1 saturated carbocycles. The van der Waals surface area contributed by atoms with E-state index in [-0.39, 0.29) is 45.6 Å². The highest BCUT2D eigenvalue weighted by Crippen LogP contribution is 2.55. The number of hydrogen-bond donors (Lipinski definition) is 1. The SMILES string of the molecule is CN(/C=C(\N)c1cc(C(=O)CC2(C#N)CC2)c(Cl)s1)c1c(Cl)cc(C(F)(C(F)(F)F)C(F)(F)F)cc1Cl. The minimum absolute atomic E-state index is 0.00324. The number of hydrogen-bond acceptors (Lipinski definition) is 5.